The second-order valence-corrected chi connectivity index (χ2v) is 5.87. The number of nitrogens with one attached hydrogen (secondary N) is 2. The molecule has 24 heavy (non-hydrogen) atoms. The molecule has 0 aromatic heterocycles. The highest BCUT2D eigenvalue weighted by Crippen LogP contribution is 2.35. The Balaban J connectivity index is 2.52. The maximum atomic E-state index is 8.08. The van der Waals surface area contributed by atoms with E-state index >= 15 is 0 Å². The van der Waals surface area contributed by atoms with E-state index in [4.69, 9.17) is 14.9 Å². The largest absolute Gasteiger partial charge is 0.494 e. The zero-order valence-electron chi connectivity index (χ0n) is 14.3. The van der Waals surface area contributed by atoms with Gasteiger partial charge in [-0.15, -0.1) is 0 Å². The van der Waals surface area contributed by atoms with Gasteiger partial charge in [-0.25, -0.2) is 0 Å². The van der Waals surface area contributed by atoms with Crippen LogP contribution in [0.1, 0.15) is 31.0 Å². The van der Waals surface area contributed by atoms with Crippen LogP contribution in [0.3, 0.4) is 0 Å². The SMILES string of the molecule is CCOc1ccccc1C(NC(=N)SC)c1ccccc1OCC. The third kappa shape index (κ3) is 4.45. The van der Waals surface area contributed by atoms with Crippen molar-refractivity contribution in [2.75, 3.05) is 19.5 Å². The average molecular weight is 344 g/mol. The van der Waals surface area contributed by atoms with E-state index in [1.807, 2.05) is 68.6 Å². The first kappa shape index (κ1) is 18.2. The quantitative estimate of drug-likeness (QED) is 0.575. The van der Waals surface area contributed by atoms with Gasteiger partial charge in [-0.1, -0.05) is 48.2 Å². The summed E-state index contributed by atoms with van der Waals surface area (Å²) in [5.41, 5.74) is 1.98. The lowest BCUT2D eigenvalue weighted by Crippen LogP contribution is -2.27. The molecule has 2 N–H and O–H groups in total. The molecule has 0 atom stereocenters. The number of thioether (sulfide) groups is 1. The summed E-state index contributed by atoms with van der Waals surface area (Å²) in [7, 11) is 0. The van der Waals surface area contributed by atoms with Gasteiger partial charge in [0.15, 0.2) is 5.17 Å². The van der Waals surface area contributed by atoms with Crippen LogP contribution >= 0.6 is 11.8 Å². The number of ether oxygens (including phenoxy) is 2. The summed E-state index contributed by atoms with van der Waals surface area (Å²) in [4.78, 5) is 0. The predicted octanol–water partition coefficient (Wildman–Crippen LogP) is 4.46. The van der Waals surface area contributed by atoms with E-state index in [0.717, 1.165) is 22.6 Å². The van der Waals surface area contributed by atoms with Crippen LogP contribution in [0.2, 0.25) is 0 Å². The smallest absolute Gasteiger partial charge is 0.154 e. The van der Waals surface area contributed by atoms with Gasteiger partial charge < -0.3 is 14.8 Å². The summed E-state index contributed by atoms with van der Waals surface area (Å²) >= 11 is 1.37. The van der Waals surface area contributed by atoms with Gasteiger partial charge in [0.05, 0.1) is 19.3 Å². The number of benzene rings is 2. The maximum Gasteiger partial charge on any atom is 0.154 e. The third-order valence-electron chi connectivity index (χ3n) is 3.54. The highest BCUT2D eigenvalue weighted by atomic mass is 32.2. The highest BCUT2D eigenvalue weighted by molar-refractivity contribution is 8.13. The zero-order chi connectivity index (χ0) is 17.4. The molecule has 2 rings (SSSR count). The normalized spacial score (nSPS) is 10.5. The van der Waals surface area contributed by atoms with Crippen molar-refractivity contribution in [3.05, 3.63) is 59.7 Å². The molecular weight excluding hydrogens is 320 g/mol. The monoisotopic (exact) mass is 344 g/mol. The summed E-state index contributed by atoms with van der Waals surface area (Å²) < 4.78 is 11.6. The predicted molar refractivity (Wildman–Crippen MR) is 101 cm³/mol. The van der Waals surface area contributed by atoms with Gasteiger partial charge in [-0.2, -0.15) is 0 Å². The van der Waals surface area contributed by atoms with Gasteiger partial charge in [0.25, 0.3) is 0 Å². The molecule has 0 saturated carbocycles. The van der Waals surface area contributed by atoms with Crippen LogP contribution in [0.25, 0.3) is 0 Å². The molecular formula is C19H24N2O2S. The fourth-order valence-corrected chi connectivity index (χ4v) is 2.76. The van der Waals surface area contributed by atoms with E-state index in [2.05, 4.69) is 5.32 Å². The molecule has 0 aliphatic heterocycles. The van der Waals surface area contributed by atoms with Crippen LogP contribution in [0, 0.1) is 5.41 Å². The van der Waals surface area contributed by atoms with Crippen molar-refractivity contribution in [1.29, 1.82) is 5.41 Å². The number of hydrogen-bond acceptors (Lipinski definition) is 4. The molecule has 2 aromatic rings. The van der Waals surface area contributed by atoms with Gasteiger partial charge in [-0.3, -0.25) is 5.41 Å². The van der Waals surface area contributed by atoms with Crippen LogP contribution in [-0.2, 0) is 0 Å². The number of rotatable bonds is 7. The maximum absolute atomic E-state index is 8.08. The molecule has 0 radical (unpaired) electrons. The van der Waals surface area contributed by atoms with Crippen LogP contribution < -0.4 is 14.8 Å². The molecule has 0 aliphatic rings. The van der Waals surface area contributed by atoms with E-state index in [9.17, 15) is 0 Å². The van der Waals surface area contributed by atoms with Gasteiger partial charge in [0.1, 0.15) is 11.5 Å². The lowest BCUT2D eigenvalue weighted by Gasteiger charge is -2.24. The summed E-state index contributed by atoms with van der Waals surface area (Å²) in [6.45, 7) is 5.13. The molecule has 5 heteroatoms. The molecule has 4 nitrogen and oxygen atoms in total. The molecule has 0 aliphatic carbocycles. The lowest BCUT2D eigenvalue weighted by atomic mass is 9.97. The Kier molecular flexibility index (Phi) is 7.00. The molecule has 0 unspecified atom stereocenters. The Morgan fingerprint density at radius 3 is 1.83 bits per heavy atom. The van der Waals surface area contributed by atoms with E-state index in [-0.39, 0.29) is 6.04 Å². The first-order valence-electron chi connectivity index (χ1n) is 8.03. The van der Waals surface area contributed by atoms with Crippen molar-refractivity contribution in [1.82, 2.24) is 5.32 Å². The Hall–Kier alpha value is -2.14. The van der Waals surface area contributed by atoms with E-state index in [1.54, 1.807) is 0 Å². The molecule has 0 heterocycles. The summed E-state index contributed by atoms with van der Waals surface area (Å²) in [5.74, 6) is 1.63. The summed E-state index contributed by atoms with van der Waals surface area (Å²) in [6.07, 6.45) is 1.88. The first-order valence-corrected chi connectivity index (χ1v) is 9.26. The number of amidine groups is 1. The van der Waals surface area contributed by atoms with E-state index in [1.165, 1.54) is 11.8 Å². The van der Waals surface area contributed by atoms with Crippen molar-refractivity contribution in [3.8, 4) is 11.5 Å². The van der Waals surface area contributed by atoms with Gasteiger partial charge >= 0.3 is 0 Å². The zero-order valence-corrected chi connectivity index (χ0v) is 15.2. The second-order valence-electron chi connectivity index (χ2n) is 5.05. The minimum atomic E-state index is -0.213. The molecule has 0 fully saturated rings. The number of hydrogen-bond donors (Lipinski definition) is 2. The van der Waals surface area contributed by atoms with Crippen LogP contribution in [0.4, 0.5) is 0 Å². The molecule has 0 saturated heterocycles. The molecule has 0 spiro atoms. The summed E-state index contributed by atoms with van der Waals surface area (Å²) in [5, 5.41) is 11.8. The van der Waals surface area contributed by atoms with Gasteiger partial charge in [-0.05, 0) is 32.2 Å². The van der Waals surface area contributed by atoms with Crippen molar-refractivity contribution >= 4 is 16.9 Å². The minimum Gasteiger partial charge on any atom is -0.494 e. The lowest BCUT2D eigenvalue weighted by molar-refractivity contribution is 0.328. The first-order chi connectivity index (χ1) is 11.7. The van der Waals surface area contributed by atoms with E-state index in [0.29, 0.717) is 18.4 Å². The Labute approximate surface area is 148 Å². The number of para-hydroxylation sites is 2. The average Bonchev–Trinajstić information content (AvgIpc) is 2.61. The molecule has 0 amide bonds. The molecule has 128 valence electrons. The van der Waals surface area contributed by atoms with Gasteiger partial charge in [0.2, 0.25) is 0 Å². The van der Waals surface area contributed by atoms with Crippen molar-refractivity contribution in [3.63, 3.8) is 0 Å². The van der Waals surface area contributed by atoms with Crippen LogP contribution in [-0.4, -0.2) is 24.6 Å². The van der Waals surface area contributed by atoms with Crippen molar-refractivity contribution in [2.24, 2.45) is 0 Å². The Morgan fingerprint density at radius 2 is 1.42 bits per heavy atom. The van der Waals surface area contributed by atoms with E-state index < -0.39 is 0 Å². The minimum absolute atomic E-state index is 0.213. The third-order valence-corrected chi connectivity index (χ3v) is 4.07. The van der Waals surface area contributed by atoms with Crippen LogP contribution in [0.15, 0.2) is 48.5 Å². The van der Waals surface area contributed by atoms with Gasteiger partial charge in [0, 0.05) is 11.1 Å². The van der Waals surface area contributed by atoms with Crippen LogP contribution in [0.5, 0.6) is 11.5 Å². The Morgan fingerprint density at radius 1 is 0.958 bits per heavy atom. The molecule has 2 aromatic carbocycles. The summed E-state index contributed by atoms with van der Waals surface area (Å²) in [6, 6.07) is 15.6. The fourth-order valence-electron chi connectivity index (χ4n) is 2.52. The fraction of sp³-hybridized carbons (Fsp3) is 0.316. The van der Waals surface area contributed by atoms with Crippen molar-refractivity contribution in [2.45, 2.75) is 19.9 Å². The topological polar surface area (TPSA) is 54.3 Å². The molecule has 0 bridgehead atoms. The standard InChI is InChI=1S/C19H24N2O2S/c1-4-22-16-12-8-6-10-14(16)18(21-19(20)24-3)15-11-7-9-13-17(15)23-5-2/h6-13,18H,4-5H2,1-3H3,(H2,20,21). The highest BCUT2D eigenvalue weighted by Gasteiger charge is 2.22. The van der Waals surface area contributed by atoms with Crippen molar-refractivity contribution < 1.29 is 9.47 Å². The second kappa shape index (κ2) is 9.23. The Bertz CT molecular complexity index is 626.